The lowest BCUT2D eigenvalue weighted by Gasteiger charge is -2.57. The smallest absolute Gasteiger partial charge is 0.178 e. The summed E-state index contributed by atoms with van der Waals surface area (Å²) in [6.45, 7) is 12.1. The predicted molar refractivity (Wildman–Crippen MR) is 118 cm³/mol. The summed E-state index contributed by atoms with van der Waals surface area (Å²) in [6, 6.07) is 0. The lowest BCUT2D eigenvalue weighted by molar-refractivity contribution is -0.111. The number of carbonyl (C=O) groups is 1. The Kier molecular flexibility index (Phi) is 5.26. The molecule has 0 N–H and O–H groups in total. The van der Waals surface area contributed by atoms with Crippen LogP contribution in [-0.2, 0) is 4.79 Å². The Morgan fingerprint density at radius 3 is 2.64 bits per heavy atom. The first kappa shape index (κ1) is 20.2. The second kappa shape index (κ2) is 7.29. The largest absolute Gasteiger partial charge is 0.290 e. The fraction of sp³-hybridized carbons (Fsp3) is 0.741. The molecule has 0 unspecified atom stereocenters. The van der Waals surface area contributed by atoms with Gasteiger partial charge >= 0.3 is 0 Å². The van der Waals surface area contributed by atoms with Crippen molar-refractivity contribution in [3.63, 3.8) is 0 Å². The first-order valence-electron chi connectivity index (χ1n) is 11.9. The van der Waals surface area contributed by atoms with Gasteiger partial charge in [-0.1, -0.05) is 58.4 Å². The van der Waals surface area contributed by atoms with Crippen molar-refractivity contribution < 1.29 is 4.79 Å². The van der Waals surface area contributed by atoms with Crippen LogP contribution in [0.2, 0.25) is 0 Å². The van der Waals surface area contributed by atoms with E-state index in [0.717, 1.165) is 36.0 Å². The molecule has 0 aromatic carbocycles. The van der Waals surface area contributed by atoms with E-state index >= 15 is 0 Å². The Morgan fingerprint density at radius 1 is 1.11 bits per heavy atom. The summed E-state index contributed by atoms with van der Waals surface area (Å²) >= 11 is 0. The van der Waals surface area contributed by atoms with E-state index in [-0.39, 0.29) is 11.2 Å². The maximum Gasteiger partial charge on any atom is 0.178 e. The number of allylic oxidation sites excluding steroid dienone is 6. The van der Waals surface area contributed by atoms with Gasteiger partial charge in [0.05, 0.1) is 0 Å². The van der Waals surface area contributed by atoms with E-state index in [9.17, 15) is 4.79 Å². The van der Waals surface area contributed by atoms with E-state index in [1.807, 2.05) is 12.2 Å². The van der Waals surface area contributed by atoms with Crippen LogP contribution in [0.15, 0.2) is 36.0 Å². The van der Waals surface area contributed by atoms with Gasteiger partial charge in [0.2, 0.25) is 0 Å². The highest BCUT2D eigenvalue weighted by atomic mass is 16.1. The molecule has 154 valence electrons. The average Bonchev–Trinajstić information content (AvgIpc) is 2.99. The molecule has 4 aliphatic carbocycles. The minimum atomic E-state index is 0.138. The van der Waals surface area contributed by atoms with E-state index in [2.05, 4.69) is 52.8 Å². The van der Waals surface area contributed by atoms with Gasteiger partial charge in [-0.3, -0.25) is 4.79 Å². The fourth-order valence-corrected chi connectivity index (χ4v) is 7.80. The topological polar surface area (TPSA) is 17.1 Å². The lowest BCUT2D eigenvalue weighted by Crippen LogP contribution is -2.50. The lowest BCUT2D eigenvalue weighted by atomic mass is 9.47. The molecule has 4 aliphatic rings. The van der Waals surface area contributed by atoms with Crippen molar-refractivity contribution in [2.45, 2.75) is 79.6 Å². The van der Waals surface area contributed by atoms with Crippen molar-refractivity contribution in [3.05, 3.63) is 36.0 Å². The zero-order valence-electron chi connectivity index (χ0n) is 18.7. The highest BCUT2D eigenvalue weighted by Crippen LogP contribution is 2.66. The molecule has 0 radical (unpaired) electrons. The molecule has 0 aromatic heterocycles. The third kappa shape index (κ3) is 3.17. The Bertz CT molecular complexity index is 710. The number of hydrogen-bond donors (Lipinski definition) is 0. The standard InChI is InChI=1S/C27H40O/c1-18(2)7-6-8-19(3)23-11-12-24-22-10-9-20-17-21(28)13-15-26(20,4)25(22)14-16-27(23,24)5/h6,8,13,15,17-19,22-25H,7,9-12,14,16H2,1-5H3/b8-6+/t19-,22+,23-,24+,25+,26+,27-/m1/s1. The summed E-state index contributed by atoms with van der Waals surface area (Å²) < 4.78 is 0. The monoisotopic (exact) mass is 380 g/mol. The van der Waals surface area contributed by atoms with Crippen LogP contribution in [0.5, 0.6) is 0 Å². The molecule has 0 aromatic rings. The Morgan fingerprint density at radius 2 is 1.89 bits per heavy atom. The molecule has 0 saturated heterocycles. The van der Waals surface area contributed by atoms with E-state index in [1.165, 1.54) is 44.1 Å². The summed E-state index contributed by atoms with van der Waals surface area (Å²) in [5.74, 6) is 4.96. The summed E-state index contributed by atoms with van der Waals surface area (Å²) in [4.78, 5) is 11.9. The predicted octanol–water partition coefficient (Wildman–Crippen LogP) is 7.15. The maximum absolute atomic E-state index is 11.9. The van der Waals surface area contributed by atoms with Crippen LogP contribution >= 0.6 is 0 Å². The first-order valence-corrected chi connectivity index (χ1v) is 11.9. The van der Waals surface area contributed by atoms with Crippen molar-refractivity contribution in [3.8, 4) is 0 Å². The van der Waals surface area contributed by atoms with Gasteiger partial charge in [-0.25, -0.2) is 0 Å². The molecule has 0 spiro atoms. The van der Waals surface area contributed by atoms with Crippen molar-refractivity contribution >= 4 is 5.78 Å². The van der Waals surface area contributed by atoms with Gasteiger partial charge in [-0.15, -0.1) is 0 Å². The minimum absolute atomic E-state index is 0.138. The molecule has 28 heavy (non-hydrogen) atoms. The number of ketones is 1. The van der Waals surface area contributed by atoms with Gasteiger partial charge in [-0.2, -0.15) is 0 Å². The minimum Gasteiger partial charge on any atom is -0.290 e. The Labute approximate surface area is 172 Å². The Balaban J connectivity index is 1.54. The van der Waals surface area contributed by atoms with Crippen LogP contribution < -0.4 is 0 Å². The zero-order chi connectivity index (χ0) is 20.1. The van der Waals surface area contributed by atoms with Gasteiger partial charge in [0, 0.05) is 5.41 Å². The number of carbonyl (C=O) groups excluding carboxylic acids is 1. The SMILES string of the molecule is CC(C)C/C=C/[C@@H](C)[C@H]1CC[C@H]2[C@@H]3CCC4=CC(=O)C=C[C@]4(C)[C@H]3CC[C@]12C. The molecular weight excluding hydrogens is 340 g/mol. The Hall–Kier alpha value is -1.11. The third-order valence-electron chi connectivity index (χ3n) is 9.31. The van der Waals surface area contributed by atoms with E-state index in [4.69, 9.17) is 0 Å². The van der Waals surface area contributed by atoms with E-state index in [0.29, 0.717) is 11.3 Å². The molecule has 1 nitrogen and oxygen atoms in total. The average molecular weight is 381 g/mol. The molecule has 3 saturated carbocycles. The number of hydrogen-bond acceptors (Lipinski definition) is 1. The van der Waals surface area contributed by atoms with Crippen LogP contribution in [-0.4, -0.2) is 5.78 Å². The third-order valence-corrected chi connectivity index (χ3v) is 9.31. The van der Waals surface area contributed by atoms with Crippen molar-refractivity contribution in [1.29, 1.82) is 0 Å². The van der Waals surface area contributed by atoms with Crippen molar-refractivity contribution in [2.75, 3.05) is 0 Å². The normalized spacial score (nSPS) is 43.6. The van der Waals surface area contributed by atoms with Crippen LogP contribution in [0.1, 0.15) is 79.6 Å². The van der Waals surface area contributed by atoms with Crippen LogP contribution in [0, 0.1) is 46.3 Å². The van der Waals surface area contributed by atoms with Gasteiger partial charge in [0.15, 0.2) is 5.78 Å². The molecule has 4 rings (SSSR count). The van der Waals surface area contributed by atoms with Gasteiger partial charge in [0.25, 0.3) is 0 Å². The summed E-state index contributed by atoms with van der Waals surface area (Å²) in [7, 11) is 0. The van der Waals surface area contributed by atoms with Crippen molar-refractivity contribution in [1.82, 2.24) is 0 Å². The van der Waals surface area contributed by atoms with Crippen LogP contribution in [0.25, 0.3) is 0 Å². The van der Waals surface area contributed by atoms with E-state index in [1.54, 1.807) is 0 Å². The quantitative estimate of drug-likeness (QED) is 0.473. The molecule has 0 bridgehead atoms. The number of fused-ring (bicyclic) bond motifs is 5. The zero-order valence-corrected chi connectivity index (χ0v) is 18.7. The second-order valence-electron chi connectivity index (χ2n) is 11.2. The molecule has 0 aliphatic heterocycles. The fourth-order valence-electron chi connectivity index (χ4n) is 7.80. The highest BCUT2D eigenvalue weighted by molar-refractivity contribution is 6.01. The molecular formula is C27H40O. The number of rotatable bonds is 4. The molecule has 0 heterocycles. The molecule has 3 fully saturated rings. The summed E-state index contributed by atoms with van der Waals surface area (Å²) in [5, 5.41) is 0. The van der Waals surface area contributed by atoms with Gasteiger partial charge in [-0.05, 0) is 98.0 Å². The van der Waals surface area contributed by atoms with Crippen molar-refractivity contribution in [2.24, 2.45) is 46.3 Å². The van der Waals surface area contributed by atoms with Gasteiger partial charge in [0.1, 0.15) is 0 Å². The molecule has 7 atom stereocenters. The second-order valence-corrected chi connectivity index (χ2v) is 11.2. The van der Waals surface area contributed by atoms with Crippen LogP contribution in [0.4, 0.5) is 0 Å². The summed E-state index contributed by atoms with van der Waals surface area (Å²) in [5.41, 5.74) is 2.07. The first-order chi connectivity index (χ1) is 13.3. The highest BCUT2D eigenvalue weighted by Gasteiger charge is 2.58. The van der Waals surface area contributed by atoms with Crippen LogP contribution in [0.3, 0.4) is 0 Å². The molecule has 0 amide bonds. The van der Waals surface area contributed by atoms with E-state index < -0.39 is 0 Å². The maximum atomic E-state index is 11.9. The van der Waals surface area contributed by atoms with Gasteiger partial charge < -0.3 is 0 Å². The summed E-state index contributed by atoms with van der Waals surface area (Å²) in [6.07, 6.45) is 20.2. The molecule has 1 heteroatoms.